The molecule has 1 aromatic heterocycles. The summed E-state index contributed by atoms with van der Waals surface area (Å²) in [6.45, 7) is 2.06. The normalized spacial score (nSPS) is 10.4. The summed E-state index contributed by atoms with van der Waals surface area (Å²) < 4.78 is 17.5. The van der Waals surface area contributed by atoms with Crippen LogP contribution in [-0.4, -0.2) is 48.9 Å². The number of benzene rings is 1. The molecule has 0 aliphatic rings. The maximum atomic E-state index is 12.2. The van der Waals surface area contributed by atoms with Crippen LogP contribution in [0.1, 0.15) is 6.92 Å². The van der Waals surface area contributed by atoms with Crippen molar-refractivity contribution in [2.75, 3.05) is 38.2 Å². The average molecular weight is 402 g/mol. The van der Waals surface area contributed by atoms with Crippen LogP contribution >= 0.6 is 34.9 Å². The third-order valence-corrected chi connectivity index (χ3v) is 6.00. The SMILES string of the molecule is CCSc1nnc(SCC(=O)Nc2cc(OC)c(OC)c(OC)c2)s1. The standard InChI is InChI=1S/C15H19N3O4S3/c1-5-23-14-17-18-15(25-14)24-8-12(19)16-9-6-10(20-2)13(22-4)11(7-9)21-3/h6-7H,5,8H2,1-4H3,(H,16,19). The number of rotatable bonds is 9. The van der Waals surface area contributed by atoms with E-state index in [9.17, 15) is 4.79 Å². The highest BCUT2D eigenvalue weighted by atomic mass is 32.2. The molecule has 2 aromatic rings. The molecule has 0 fully saturated rings. The van der Waals surface area contributed by atoms with Gasteiger partial charge in [0.1, 0.15) is 0 Å². The molecule has 0 bridgehead atoms. The summed E-state index contributed by atoms with van der Waals surface area (Å²) in [7, 11) is 4.59. The van der Waals surface area contributed by atoms with Crippen LogP contribution in [0.15, 0.2) is 20.8 Å². The van der Waals surface area contributed by atoms with Crippen LogP contribution in [0.5, 0.6) is 17.2 Å². The first-order chi connectivity index (χ1) is 12.1. The van der Waals surface area contributed by atoms with E-state index in [1.165, 1.54) is 44.4 Å². The van der Waals surface area contributed by atoms with Crippen LogP contribution in [0.25, 0.3) is 0 Å². The van der Waals surface area contributed by atoms with Crippen molar-refractivity contribution in [2.24, 2.45) is 0 Å². The van der Waals surface area contributed by atoms with Crippen molar-refractivity contribution in [1.29, 1.82) is 0 Å². The highest BCUT2D eigenvalue weighted by Gasteiger charge is 2.15. The number of nitrogens with zero attached hydrogens (tertiary/aromatic N) is 2. The minimum atomic E-state index is -0.154. The van der Waals surface area contributed by atoms with E-state index in [1.807, 2.05) is 0 Å². The quantitative estimate of drug-likeness (QED) is 0.640. The van der Waals surface area contributed by atoms with Gasteiger partial charge in [-0.05, 0) is 5.75 Å². The molecule has 1 N–H and O–H groups in total. The number of thioether (sulfide) groups is 2. The number of carbonyl (C=O) groups is 1. The minimum absolute atomic E-state index is 0.154. The molecule has 136 valence electrons. The van der Waals surface area contributed by atoms with E-state index >= 15 is 0 Å². The largest absolute Gasteiger partial charge is 0.493 e. The van der Waals surface area contributed by atoms with Gasteiger partial charge in [-0.3, -0.25) is 4.79 Å². The van der Waals surface area contributed by atoms with Crippen molar-refractivity contribution in [1.82, 2.24) is 10.2 Å². The summed E-state index contributed by atoms with van der Waals surface area (Å²) in [6, 6.07) is 3.37. The highest BCUT2D eigenvalue weighted by molar-refractivity contribution is 8.03. The number of aromatic nitrogens is 2. The van der Waals surface area contributed by atoms with Crippen molar-refractivity contribution in [2.45, 2.75) is 15.6 Å². The van der Waals surface area contributed by atoms with E-state index in [4.69, 9.17) is 14.2 Å². The number of carbonyl (C=O) groups excluding carboxylic acids is 1. The second-order valence-electron chi connectivity index (χ2n) is 4.52. The Hall–Kier alpha value is -1.65. The molecule has 7 nitrogen and oxygen atoms in total. The van der Waals surface area contributed by atoms with Crippen LogP contribution in [0.2, 0.25) is 0 Å². The van der Waals surface area contributed by atoms with Crippen molar-refractivity contribution >= 4 is 46.5 Å². The number of hydrogen-bond donors (Lipinski definition) is 1. The molecular formula is C15H19N3O4S3. The van der Waals surface area contributed by atoms with Gasteiger partial charge in [0.2, 0.25) is 11.7 Å². The zero-order valence-corrected chi connectivity index (χ0v) is 16.8. The molecule has 2 rings (SSSR count). The number of hydrogen-bond acceptors (Lipinski definition) is 9. The molecule has 0 saturated heterocycles. The van der Waals surface area contributed by atoms with Crippen LogP contribution in [0.4, 0.5) is 5.69 Å². The molecule has 0 atom stereocenters. The first-order valence-corrected chi connectivity index (χ1v) is 10.1. The predicted molar refractivity (Wildman–Crippen MR) is 102 cm³/mol. The molecule has 10 heteroatoms. The molecule has 1 amide bonds. The number of amides is 1. The van der Waals surface area contributed by atoms with Crippen LogP contribution < -0.4 is 19.5 Å². The molecule has 25 heavy (non-hydrogen) atoms. The van der Waals surface area contributed by atoms with Gasteiger partial charge in [0.25, 0.3) is 0 Å². The van der Waals surface area contributed by atoms with E-state index in [0.717, 1.165) is 14.4 Å². The predicted octanol–water partition coefficient (Wildman–Crippen LogP) is 3.41. The van der Waals surface area contributed by atoms with E-state index in [0.29, 0.717) is 22.9 Å². The number of ether oxygens (including phenoxy) is 3. The van der Waals surface area contributed by atoms with Gasteiger partial charge in [0.05, 0.1) is 27.1 Å². The van der Waals surface area contributed by atoms with Crippen molar-refractivity contribution in [3.8, 4) is 17.2 Å². The Bertz CT molecular complexity index is 699. The lowest BCUT2D eigenvalue weighted by Crippen LogP contribution is -2.14. The van der Waals surface area contributed by atoms with Crippen LogP contribution in [-0.2, 0) is 4.79 Å². The van der Waals surface area contributed by atoms with Crippen LogP contribution in [0, 0.1) is 0 Å². The fraction of sp³-hybridized carbons (Fsp3) is 0.400. The van der Waals surface area contributed by atoms with Crippen molar-refractivity contribution < 1.29 is 19.0 Å². The number of nitrogens with one attached hydrogen (secondary N) is 1. The lowest BCUT2D eigenvalue weighted by atomic mass is 10.2. The zero-order chi connectivity index (χ0) is 18.2. The Labute approximate surface area is 158 Å². The fourth-order valence-electron chi connectivity index (χ4n) is 1.91. The Morgan fingerprint density at radius 3 is 2.20 bits per heavy atom. The first-order valence-electron chi connectivity index (χ1n) is 7.30. The summed E-state index contributed by atoms with van der Waals surface area (Å²) in [5.74, 6) is 2.47. The maximum Gasteiger partial charge on any atom is 0.234 e. The van der Waals surface area contributed by atoms with Gasteiger partial charge < -0.3 is 19.5 Å². The fourth-order valence-corrected chi connectivity index (χ4v) is 4.63. The molecule has 0 saturated carbocycles. The smallest absolute Gasteiger partial charge is 0.234 e. The monoisotopic (exact) mass is 401 g/mol. The van der Waals surface area contributed by atoms with E-state index < -0.39 is 0 Å². The molecule has 0 aliphatic heterocycles. The van der Waals surface area contributed by atoms with E-state index in [2.05, 4.69) is 22.4 Å². The Morgan fingerprint density at radius 2 is 1.68 bits per heavy atom. The highest BCUT2D eigenvalue weighted by Crippen LogP contribution is 2.40. The third kappa shape index (κ3) is 5.41. The topological polar surface area (TPSA) is 82.6 Å². The number of methoxy groups -OCH3 is 3. The molecule has 0 unspecified atom stereocenters. The van der Waals surface area contributed by atoms with Gasteiger partial charge in [0.15, 0.2) is 20.2 Å². The van der Waals surface area contributed by atoms with Crippen molar-refractivity contribution in [3.05, 3.63) is 12.1 Å². The summed E-state index contributed by atoms with van der Waals surface area (Å²) in [5.41, 5.74) is 0.569. The van der Waals surface area contributed by atoms with Gasteiger partial charge in [-0.25, -0.2) is 0 Å². The minimum Gasteiger partial charge on any atom is -0.493 e. The van der Waals surface area contributed by atoms with Gasteiger partial charge in [0, 0.05) is 17.8 Å². The Balaban J connectivity index is 1.99. The lowest BCUT2D eigenvalue weighted by Gasteiger charge is -2.14. The van der Waals surface area contributed by atoms with E-state index in [-0.39, 0.29) is 11.7 Å². The second kappa shape index (κ2) is 9.73. The summed E-state index contributed by atoms with van der Waals surface area (Å²) in [5, 5.41) is 11.0. The van der Waals surface area contributed by atoms with Gasteiger partial charge in [-0.1, -0.05) is 41.8 Å². The molecule has 0 radical (unpaired) electrons. The second-order valence-corrected chi connectivity index (χ2v) is 8.23. The molecule has 0 aliphatic carbocycles. The zero-order valence-electron chi connectivity index (χ0n) is 14.3. The summed E-state index contributed by atoms with van der Waals surface area (Å²) in [4.78, 5) is 12.2. The third-order valence-electron chi connectivity index (χ3n) is 2.93. The summed E-state index contributed by atoms with van der Waals surface area (Å²) >= 11 is 4.48. The molecular weight excluding hydrogens is 382 g/mol. The Kier molecular flexibility index (Phi) is 7.66. The van der Waals surface area contributed by atoms with Crippen molar-refractivity contribution in [3.63, 3.8) is 0 Å². The molecule has 0 spiro atoms. The van der Waals surface area contributed by atoms with Gasteiger partial charge >= 0.3 is 0 Å². The molecule has 1 aromatic carbocycles. The Morgan fingerprint density at radius 1 is 1.08 bits per heavy atom. The average Bonchev–Trinajstić information content (AvgIpc) is 3.07. The van der Waals surface area contributed by atoms with Crippen LogP contribution in [0.3, 0.4) is 0 Å². The lowest BCUT2D eigenvalue weighted by molar-refractivity contribution is -0.113. The van der Waals surface area contributed by atoms with E-state index in [1.54, 1.807) is 23.9 Å². The first kappa shape index (κ1) is 19.7. The molecule has 1 heterocycles. The maximum absolute atomic E-state index is 12.2. The number of anilines is 1. The van der Waals surface area contributed by atoms with Gasteiger partial charge in [-0.15, -0.1) is 10.2 Å². The summed E-state index contributed by atoms with van der Waals surface area (Å²) in [6.07, 6.45) is 0. The van der Waals surface area contributed by atoms with Gasteiger partial charge in [-0.2, -0.15) is 0 Å².